The highest BCUT2D eigenvalue weighted by atomic mass is 16.5. The van der Waals surface area contributed by atoms with Crippen molar-refractivity contribution in [3.05, 3.63) is 12.1 Å². The SMILES string of the molecule is CCC(O)CCNc1cc2c(cc1N)OCC(=O)N2. The number of carbonyl (C=O) groups excluding carboxylic acids is 1. The van der Waals surface area contributed by atoms with Crippen molar-refractivity contribution in [2.75, 3.05) is 29.5 Å². The third kappa shape index (κ3) is 3.29. The Morgan fingerprint density at radius 2 is 2.37 bits per heavy atom. The first-order valence-electron chi connectivity index (χ1n) is 6.38. The van der Waals surface area contributed by atoms with Gasteiger partial charge in [0.05, 0.1) is 23.2 Å². The van der Waals surface area contributed by atoms with Crippen molar-refractivity contribution in [3.63, 3.8) is 0 Å². The molecule has 0 aromatic heterocycles. The Hall–Kier alpha value is -1.95. The number of aliphatic hydroxyl groups excluding tert-OH is 1. The van der Waals surface area contributed by atoms with E-state index in [1.54, 1.807) is 12.1 Å². The zero-order chi connectivity index (χ0) is 13.8. The summed E-state index contributed by atoms with van der Waals surface area (Å²) in [6.07, 6.45) is 1.07. The molecule has 6 nitrogen and oxygen atoms in total. The Labute approximate surface area is 111 Å². The summed E-state index contributed by atoms with van der Waals surface area (Å²) in [6, 6.07) is 3.44. The third-order valence-electron chi connectivity index (χ3n) is 3.05. The summed E-state index contributed by atoms with van der Waals surface area (Å²) >= 11 is 0. The van der Waals surface area contributed by atoms with Gasteiger partial charge in [-0.1, -0.05) is 6.92 Å². The average molecular weight is 265 g/mol. The lowest BCUT2D eigenvalue weighted by Crippen LogP contribution is -2.25. The van der Waals surface area contributed by atoms with E-state index in [0.29, 0.717) is 30.1 Å². The monoisotopic (exact) mass is 265 g/mol. The molecule has 1 aromatic carbocycles. The number of aliphatic hydroxyl groups is 1. The van der Waals surface area contributed by atoms with Crippen LogP contribution in [0.25, 0.3) is 0 Å². The summed E-state index contributed by atoms with van der Waals surface area (Å²) in [4.78, 5) is 11.2. The van der Waals surface area contributed by atoms with Crippen LogP contribution in [0, 0.1) is 0 Å². The second kappa shape index (κ2) is 5.79. The van der Waals surface area contributed by atoms with Crippen LogP contribution in [-0.2, 0) is 4.79 Å². The Morgan fingerprint density at radius 1 is 1.58 bits per heavy atom. The van der Waals surface area contributed by atoms with Gasteiger partial charge in [0.1, 0.15) is 5.75 Å². The van der Waals surface area contributed by atoms with Crippen LogP contribution in [0.15, 0.2) is 12.1 Å². The molecule has 1 heterocycles. The molecule has 1 unspecified atom stereocenters. The molecule has 6 heteroatoms. The van der Waals surface area contributed by atoms with Crippen molar-refractivity contribution in [1.29, 1.82) is 0 Å². The number of nitrogens with one attached hydrogen (secondary N) is 2. The molecule has 1 aromatic rings. The van der Waals surface area contributed by atoms with Gasteiger partial charge in [-0.05, 0) is 18.9 Å². The van der Waals surface area contributed by atoms with E-state index in [0.717, 1.165) is 12.1 Å². The van der Waals surface area contributed by atoms with Crippen LogP contribution in [0.5, 0.6) is 5.75 Å². The van der Waals surface area contributed by atoms with Gasteiger partial charge in [-0.25, -0.2) is 0 Å². The predicted molar refractivity (Wildman–Crippen MR) is 74.4 cm³/mol. The van der Waals surface area contributed by atoms with Crippen LogP contribution in [0.1, 0.15) is 19.8 Å². The minimum Gasteiger partial charge on any atom is -0.482 e. The largest absolute Gasteiger partial charge is 0.482 e. The first kappa shape index (κ1) is 13.5. The molecule has 0 saturated heterocycles. The molecule has 0 radical (unpaired) electrons. The Morgan fingerprint density at radius 3 is 3.11 bits per heavy atom. The summed E-state index contributed by atoms with van der Waals surface area (Å²) in [5.41, 5.74) is 7.81. The Kier molecular flexibility index (Phi) is 4.11. The van der Waals surface area contributed by atoms with Crippen LogP contribution >= 0.6 is 0 Å². The fourth-order valence-electron chi connectivity index (χ4n) is 1.87. The second-order valence-electron chi connectivity index (χ2n) is 4.55. The maximum Gasteiger partial charge on any atom is 0.262 e. The number of nitrogen functional groups attached to an aromatic ring is 1. The average Bonchev–Trinajstić information content (AvgIpc) is 2.39. The molecule has 1 aliphatic heterocycles. The van der Waals surface area contributed by atoms with Crippen molar-refractivity contribution in [2.24, 2.45) is 0 Å². The molecular formula is C13H19N3O3. The molecule has 1 atom stereocenters. The third-order valence-corrected chi connectivity index (χ3v) is 3.05. The summed E-state index contributed by atoms with van der Waals surface area (Å²) in [7, 11) is 0. The standard InChI is InChI=1S/C13H19N3O3/c1-2-8(17)3-4-15-10-6-11-12(5-9(10)14)19-7-13(18)16-11/h5-6,8,15,17H,2-4,7,14H2,1H3,(H,16,18). The van der Waals surface area contributed by atoms with Gasteiger partial charge in [0, 0.05) is 12.6 Å². The van der Waals surface area contributed by atoms with Crippen molar-refractivity contribution in [3.8, 4) is 5.75 Å². The van der Waals surface area contributed by atoms with E-state index in [1.807, 2.05) is 6.92 Å². The number of nitrogens with two attached hydrogens (primary N) is 1. The van der Waals surface area contributed by atoms with Gasteiger partial charge in [0.25, 0.3) is 5.91 Å². The summed E-state index contributed by atoms with van der Waals surface area (Å²) < 4.78 is 5.27. The molecule has 2 rings (SSSR count). The maximum absolute atomic E-state index is 11.2. The number of anilines is 3. The topological polar surface area (TPSA) is 96.6 Å². The van der Waals surface area contributed by atoms with Crippen molar-refractivity contribution in [1.82, 2.24) is 0 Å². The fraction of sp³-hybridized carbons (Fsp3) is 0.462. The van der Waals surface area contributed by atoms with Gasteiger partial charge in [0.2, 0.25) is 0 Å². The fourth-order valence-corrected chi connectivity index (χ4v) is 1.87. The molecule has 0 fully saturated rings. The Bertz CT molecular complexity index is 476. The summed E-state index contributed by atoms with van der Waals surface area (Å²) in [5, 5.41) is 15.4. The number of rotatable bonds is 5. The molecular weight excluding hydrogens is 246 g/mol. The van der Waals surface area contributed by atoms with Crippen LogP contribution in [0.2, 0.25) is 0 Å². The number of ether oxygens (including phenoxy) is 1. The maximum atomic E-state index is 11.2. The molecule has 0 bridgehead atoms. The van der Waals surface area contributed by atoms with E-state index in [9.17, 15) is 9.90 Å². The molecule has 0 spiro atoms. The lowest BCUT2D eigenvalue weighted by atomic mass is 10.1. The van der Waals surface area contributed by atoms with E-state index in [-0.39, 0.29) is 18.6 Å². The van der Waals surface area contributed by atoms with Crippen molar-refractivity contribution in [2.45, 2.75) is 25.9 Å². The number of carbonyl (C=O) groups is 1. The van der Waals surface area contributed by atoms with E-state index in [1.165, 1.54) is 0 Å². The van der Waals surface area contributed by atoms with E-state index < -0.39 is 0 Å². The van der Waals surface area contributed by atoms with Gasteiger partial charge in [-0.3, -0.25) is 4.79 Å². The molecule has 0 saturated carbocycles. The molecule has 1 aliphatic rings. The van der Waals surface area contributed by atoms with Crippen molar-refractivity contribution >= 4 is 23.0 Å². The van der Waals surface area contributed by atoms with E-state index in [2.05, 4.69) is 10.6 Å². The van der Waals surface area contributed by atoms with Crippen molar-refractivity contribution < 1.29 is 14.6 Å². The van der Waals surface area contributed by atoms with E-state index >= 15 is 0 Å². The number of hydrogen-bond acceptors (Lipinski definition) is 5. The van der Waals surface area contributed by atoms with Crippen LogP contribution in [0.4, 0.5) is 17.1 Å². The van der Waals surface area contributed by atoms with E-state index in [4.69, 9.17) is 10.5 Å². The summed E-state index contributed by atoms with van der Waals surface area (Å²) in [6.45, 7) is 2.57. The van der Waals surface area contributed by atoms with Crippen LogP contribution < -0.4 is 21.1 Å². The zero-order valence-corrected chi connectivity index (χ0v) is 10.9. The smallest absolute Gasteiger partial charge is 0.262 e. The van der Waals surface area contributed by atoms with Crippen LogP contribution in [-0.4, -0.2) is 30.3 Å². The molecule has 0 aliphatic carbocycles. The highest BCUT2D eigenvalue weighted by Crippen LogP contribution is 2.35. The van der Waals surface area contributed by atoms with Gasteiger partial charge in [-0.15, -0.1) is 0 Å². The number of amides is 1. The molecule has 104 valence electrons. The first-order valence-corrected chi connectivity index (χ1v) is 6.38. The predicted octanol–water partition coefficient (Wildman–Crippen LogP) is 1.17. The Balaban J connectivity index is 2.05. The van der Waals surface area contributed by atoms with Gasteiger partial charge in [-0.2, -0.15) is 0 Å². The molecule has 19 heavy (non-hydrogen) atoms. The second-order valence-corrected chi connectivity index (χ2v) is 4.55. The van der Waals surface area contributed by atoms with Gasteiger partial charge >= 0.3 is 0 Å². The normalized spacial score (nSPS) is 15.2. The summed E-state index contributed by atoms with van der Waals surface area (Å²) in [5.74, 6) is 0.404. The number of fused-ring (bicyclic) bond motifs is 1. The lowest BCUT2D eigenvalue weighted by molar-refractivity contribution is -0.118. The lowest BCUT2D eigenvalue weighted by Gasteiger charge is -2.20. The zero-order valence-electron chi connectivity index (χ0n) is 10.9. The van der Waals surface area contributed by atoms with Gasteiger partial charge < -0.3 is 26.2 Å². The van der Waals surface area contributed by atoms with Gasteiger partial charge in [0.15, 0.2) is 6.61 Å². The highest BCUT2D eigenvalue weighted by Gasteiger charge is 2.17. The minimum absolute atomic E-state index is 0.0158. The quantitative estimate of drug-likeness (QED) is 0.599. The molecule has 1 amide bonds. The minimum atomic E-state index is -0.311. The highest BCUT2D eigenvalue weighted by molar-refractivity contribution is 5.97. The van der Waals surface area contributed by atoms with Crippen LogP contribution in [0.3, 0.4) is 0 Å². The molecule has 5 N–H and O–H groups in total. The number of benzene rings is 1. The first-order chi connectivity index (χ1) is 9.10. The number of hydrogen-bond donors (Lipinski definition) is 4.